The predicted octanol–water partition coefficient (Wildman–Crippen LogP) is -0.0638. The third-order valence-corrected chi connectivity index (χ3v) is 4.49. The Labute approximate surface area is 149 Å². The molecule has 1 aromatic rings. The number of methoxy groups -OCH3 is 2. The molecule has 1 saturated heterocycles. The number of rotatable bonds is 6. The molecule has 9 nitrogen and oxygen atoms in total. The second-order valence-electron chi connectivity index (χ2n) is 6.01. The monoisotopic (exact) mass is 364 g/mol. The number of piperidine rings is 1. The van der Waals surface area contributed by atoms with E-state index in [0.717, 1.165) is 4.90 Å². The molecule has 1 fully saturated rings. The van der Waals surface area contributed by atoms with Gasteiger partial charge in [-0.15, -0.1) is 0 Å². The second-order valence-corrected chi connectivity index (χ2v) is 6.01. The van der Waals surface area contributed by atoms with Crippen molar-refractivity contribution < 1.29 is 33.7 Å². The SMILES string of the molecule is COC(COc1ccc2c(c1)C(O)N(C1CCC(=O)NC1=O)C2=O)OC. The van der Waals surface area contributed by atoms with Crippen LogP contribution in [0.2, 0.25) is 0 Å². The topological polar surface area (TPSA) is 114 Å². The highest BCUT2D eigenvalue weighted by atomic mass is 16.7. The van der Waals surface area contributed by atoms with Crippen LogP contribution in [0.3, 0.4) is 0 Å². The maximum Gasteiger partial charge on any atom is 0.257 e. The smallest absolute Gasteiger partial charge is 0.257 e. The van der Waals surface area contributed by atoms with Gasteiger partial charge in [0.05, 0.1) is 0 Å². The summed E-state index contributed by atoms with van der Waals surface area (Å²) in [6.45, 7) is 0.132. The number of carbonyl (C=O) groups excluding carboxylic acids is 3. The molecule has 26 heavy (non-hydrogen) atoms. The average molecular weight is 364 g/mol. The van der Waals surface area contributed by atoms with Crippen molar-refractivity contribution in [1.29, 1.82) is 0 Å². The van der Waals surface area contributed by atoms with Crippen molar-refractivity contribution in [3.63, 3.8) is 0 Å². The van der Waals surface area contributed by atoms with Crippen molar-refractivity contribution in [2.75, 3.05) is 20.8 Å². The number of aliphatic hydroxyl groups excluding tert-OH is 1. The molecular weight excluding hydrogens is 344 g/mol. The van der Waals surface area contributed by atoms with E-state index >= 15 is 0 Å². The normalized spacial score (nSPS) is 22.6. The molecule has 3 amide bonds. The molecule has 9 heteroatoms. The van der Waals surface area contributed by atoms with Gasteiger partial charge in [0.2, 0.25) is 11.8 Å². The van der Waals surface area contributed by atoms with E-state index in [2.05, 4.69) is 5.32 Å². The summed E-state index contributed by atoms with van der Waals surface area (Å²) in [6, 6.07) is 3.79. The lowest BCUT2D eigenvalue weighted by Gasteiger charge is -2.31. The van der Waals surface area contributed by atoms with Crippen LogP contribution >= 0.6 is 0 Å². The van der Waals surface area contributed by atoms with E-state index in [1.807, 2.05) is 0 Å². The standard InChI is InChI=1S/C17H20N2O7/c1-24-14(25-2)8-26-9-3-4-10-11(7-9)17(23)19(16(10)22)12-5-6-13(20)18-15(12)21/h3-4,7,12,14,17,23H,5-6,8H2,1-2H3,(H,18,20,21). The lowest BCUT2D eigenvalue weighted by Crippen LogP contribution is -2.53. The van der Waals surface area contributed by atoms with Gasteiger partial charge >= 0.3 is 0 Å². The highest BCUT2D eigenvalue weighted by Crippen LogP contribution is 2.37. The van der Waals surface area contributed by atoms with Gasteiger partial charge in [-0.3, -0.25) is 24.6 Å². The summed E-state index contributed by atoms with van der Waals surface area (Å²) >= 11 is 0. The van der Waals surface area contributed by atoms with Crippen LogP contribution < -0.4 is 10.1 Å². The number of imide groups is 1. The summed E-state index contributed by atoms with van der Waals surface area (Å²) in [7, 11) is 2.97. The van der Waals surface area contributed by atoms with Crippen molar-refractivity contribution in [2.45, 2.75) is 31.4 Å². The van der Waals surface area contributed by atoms with Crippen molar-refractivity contribution in [2.24, 2.45) is 0 Å². The highest BCUT2D eigenvalue weighted by molar-refractivity contribution is 6.05. The summed E-state index contributed by atoms with van der Waals surface area (Å²) in [6.07, 6.45) is -1.54. The minimum Gasteiger partial charge on any atom is -0.488 e. The Bertz CT molecular complexity index is 732. The van der Waals surface area contributed by atoms with Gasteiger partial charge in [-0.2, -0.15) is 0 Å². The van der Waals surface area contributed by atoms with Gasteiger partial charge in [0.25, 0.3) is 5.91 Å². The molecule has 140 valence electrons. The summed E-state index contributed by atoms with van der Waals surface area (Å²) < 4.78 is 15.6. The number of amides is 3. The minimum absolute atomic E-state index is 0.118. The molecule has 0 aromatic heterocycles. The minimum atomic E-state index is -1.29. The first-order valence-electron chi connectivity index (χ1n) is 8.13. The zero-order chi connectivity index (χ0) is 18.8. The molecule has 3 rings (SSSR count). The third kappa shape index (κ3) is 3.28. The summed E-state index contributed by atoms with van der Waals surface area (Å²) in [5.74, 6) is -0.993. The number of carbonyl (C=O) groups is 3. The Morgan fingerprint density at radius 2 is 2.00 bits per heavy atom. The summed E-state index contributed by atoms with van der Waals surface area (Å²) in [5, 5.41) is 12.8. The van der Waals surface area contributed by atoms with Crippen LogP contribution in [-0.4, -0.2) is 60.9 Å². The molecule has 0 bridgehead atoms. The fraction of sp³-hybridized carbons (Fsp3) is 0.471. The van der Waals surface area contributed by atoms with Crippen molar-refractivity contribution in [3.8, 4) is 5.75 Å². The molecule has 0 saturated carbocycles. The van der Waals surface area contributed by atoms with E-state index in [1.54, 1.807) is 12.1 Å². The van der Waals surface area contributed by atoms with E-state index < -0.39 is 30.4 Å². The van der Waals surface area contributed by atoms with E-state index in [1.165, 1.54) is 20.3 Å². The maximum absolute atomic E-state index is 12.6. The van der Waals surface area contributed by atoms with Crippen LogP contribution in [0.4, 0.5) is 0 Å². The van der Waals surface area contributed by atoms with Gasteiger partial charge in [0.1, 0.15) is 18.4 Å². The van der Waals surface area contributed by atoms with Gasteiger partial charge in [-0.1, -0.05) is 0 Å². The van der Waals surface area contributed by atoms with Crippen LogP contribution in [-0.2, 0) is 19.1 Å². The van der Waals surface area contributed by atoms with Gasteiger partial charge in [-0.25, -0.2) is 0 Å². The van der Waals surface area contributed by atoms with Gasteiger partial charge < -0.3 is 19.3 Å². The fourth-order valence-corrected chi connectivity index (χ4v) is 3.10. The van der Waals surface area contributed by atoms with Crippen LogP contribution in [0, 0.1) is 0 Å². The number of aliphatic hydroxyl groups is 1. The number of nitrogens with zero attached hydrogens (tertiary/aromatic N) is 1. The molecule has 0 aliphatic carbocycles. The van der Waals surface area contributed by atoms with Crippen molar-refractivity contribution in [1.82, 2.24) is 10.2 Å². The Hall–Kier alpha value is -2.49. The molecular formula is C17H20N2O7. The number of hydrogen-bond donors (Lipinski definition) is 2. The van der Waals surface area contributed by atoms with E-state index in [4.69, 9.17) is 14.2 Å². The molecule has 0 spiro atoms. The van der Waals surface area contributed by atoms with Crippen LogP contribution in [0.25, 0.3) is 0 Å². The van der Waals surface area contributed by atoms with Gasteiger partial charge in [0.15, 0.2) is 12.5 Å². The molecule has 2 heterocycles. The van der Waals surface area contributed by atoms with Gasteiger partial charge in [0, 0.05) is 31.8 Å². The molecule has 0 radical (unpaired) electrons. The zero-order valence-electron chi connectivity index (χ0n) is 14.4. The van der Waals surface area contributed by atoms with Crippen LogP contribution in [0.1, 0.15) is 35.0 Å². The first-order valence-corrected chi connectivity index (χ1v) is 8.13. The second kappa shape index (κ2) is 7.40. The molecule has 2 aliphatic heterocycles. The molecule has 1 aromatic carbocycles. The highest BCUT2D eigenvalue weighted by Gasteiger charge is 2.44. The van der Waals surface area contributed by atoms with Crippen LogP contribution in [0.5, 0.6) is 5.75 Å². The number of nitrogens with one attached hydrogen (secondary N) is 1. The van der Waals surface area contributed by atoms with Gasteiger partial charge in [-0.05, 0) is 24.6 Å². The fourth-order valence-electron chi connectivity index (χ4n) is 3.10. The number of fused-ring (bicyclic) bond motifs is 1. The van der Waals surface area contributed by atoms with E-state index in [0.29, 0.717) is 16.9 Å². The van der Waals surface area contributed by atoms with E-state index in [9.17, 15) is 19.5 Å². The lowest BCUT2D eigenvalue weighted by molar-refractivity contribution is -0.139. The quantitative estimate of drug-likeness (QED) is 0.537. The number of hydrogen-bond acceptors (Lipinski definition) is 7. The lowest BCUT2D eigenvalue weighted by atomic mass is 10.0. The predicted molar refractivity (Wildman–Crippen MR) is 87.0 cm³/mol. The van der Waals surface area contributed by atoms with Crippen molar-refractivity contribution >= 4 is 17.7 Å². The zero-order valence-corrected chi connectivity index (χ0v) is 14.4. The number of benzene rings is 1. The summed E-state index contributed by atoms with van der Waals surface area (Å²) in [4.78, 5) is 37.1. The Kier molecular flexibility index (Phi) is 5.21. The third-order valence-electron chi connectivity index (χ3n) is 4.49. The largest absolute Gasteiger partial charge is 0.488 e. The van der Waals surface area contributed by atoms with Crippen molar-refractivity contribution in [3.05, 3.63) is 29.3 Å². The first-order chi connectivity index (χ1) is 12.5. The first kappa shape index (κ1) is 18.3. The molecule has 2 unspecified atom stereocenters. The van der Waals surface area contributed by atoms with Crippen LogP contribution in [0.15, 0.2) is 18.2 Å². The molecule has 2 atom stereocenters. The molecule has 2 N–H and O–H groups in total. The Morgan fingerprint density at radius 3 is 2.65 bits per heavy atom. The molecule has 2 aliphatic rings. The average Bonchev–Trinajstić information content (AvgIpc) is 2.87. The maximum atomic E-state index is 12.6. The Balaban J connectivity index is 1.78. The summed E-state index contributed by atoms with van der Waals surface area (Å²) in [5.41, 5.74) is 0.646. The Morgan fingerprint density at radius 1 is 1.27 bits per heavy atom. The number of ether oxygens (including phenoxy) is 3. The van der Waals surface area contributed by atoms with E-state index in [-0.39, 0.29) is 25.4 Å².